The Kier molecular flexibility index (Phi) is 3.03. The van der Waals surface area contributed by atoms with E-state index in [0.717, 1.165) is 36.6 Å². The van der Waals surface area contributed by atoms with Crippen molar-refractivity contribution in [2.45, 2.75) is 32.9 Å². The third-order valence-electron chi connectivity index (χ3n) is 3.48. The minimum absolute atomic E-state index is 0.0616. The molecule has 0 saturated heterocycles. The summed E-state index contributed by atoms with van der Waals surface area (Å²) in [6, 6.07) is 7.57. The average Bonchev–Trinajstić information content (AvgIpc) is 3.00. The Morgan fingerprint density at radius 1 is 1.37 bits per heavy atom. The summed E-state index contributed by atoms with van der Waals surface area (Å²) in [5.74, 6) is 1.81. The van der Waals surface area contributed by atoms with Gasteiger partial charge in [0.2, 0.25) is 0 Å². The first-order valence-corrected chi connectivity index (χ1v) is 6.50. The fraction of sp³-hybridized carbons (Fsp3) is 0.357. The number of benzene rings is 1. The van der Waals surface area contributed by atoms with Crippen LogP contribution in [0.5, 0.6) is 0 Å². The first kappa shape index (κ1) is 11.9. The Morgan fingerprint density at radius 3 is 3.05 bits per heavy atom. The molecule has 0 bridgehead atoms. The van der Waals surface area contributed by atoms with Gasteiger partial charge in [0.25, 0.3) is 5.91 Å². The van der Waals surface area contributed by atoms with Gasteiger partial charge in [0.15, 0.2) is 5.82 Å². The molecule has 19 heavy (non-hydrogen) atoms. The normalized spacial score (nSPS) is 13.3. The number of carbonyl (C=O) groups excluding carboxylic acids is 1. The molecule has 0 aliphatic carbocycles. The largest absolute Gasteiger partial charge is 0.345 e. The highest BCUT2D eigenvalue weighted by Gasteiger charge is 2.17. The molecule has 1 amide bonds. The quantitative estimate of drug-likeness (QED) is 0.904. The van der Waals surface area contributed by atoms with Crippen LogP contribution in [-0.4, -0.2) is 20.7 Å². The molecule has 5 nitrogen and oxygen atoms in total. The number of hydrogen-bond donors (Lipinski definition) is 1. The van der Waals surface area contributed by atoms with Crippen molar-refractivity contribution in [1.29, 1.82) is 0 Å². The lowest BCUT2D eigenvalue weighted by Gasteiger charge is -2.07. The van der Waals surface area contributed by atoms with E-state index in [0.29, 0.717) is 12.1 Å². The number of nitrogens with one attached hydrogen (secondary N) is 1. The Hall–Kier alpha value is -2.17. The second-order valence-electron chi connectivity index (χ2n) is 4.79. The van der Waals surface area contributed by atoms with Crippen LogP contribution in [0.3, 0.4) is 0 Å². The van der Waals surface area contributed by atoms with Crippen molar-refractivity contribution >= 4 is 5.91 Å². The predicted molar refractivity (Wildman–Crippen MR) is 70.7 cm³/mol. The monoisotopic (exact) mass is 256 g/mol. The fourth-order valence-corrected chi connectivity index (χ4v) is 2.42. The van der Waals surface area contributed by atoms with Gasteiger partial charge in [0.05, 0.1) is 6.54 Å². The van der Waals surface area contributed by atoms with E-state index in [2.05, 4.69) is 20.1 Å². The molecular formula is C14H16N4O. The average molecular weight is 256 g/mol. The maximum absolute atomic E-state index is 12.1. The van der Waals surface area contributed by atoms with Gasteiger partial charge in [0, 0.05) is 18.5 Å². The van der Waals surface area contributed by atoms with Crippen LogP contribution < -0.4 is 5.32 Å². The van der Waals surface area contributed by atoms with E-state index in [9.17, 15) is 4.79 Å². The van der Waals surface area contributed by atoms with Crippen molar-refractivity contribution in [3.63, 3.8) is 0 Å². The van der Waals surface area contributed by atoms with Crippen molar-refractivity contribution in [2.75, 3.05) is 0 Å². The Labute approximate surface area is 111 Å². The topological polar surface area (TPSA) is 59.8 Å². The number of aryl methyl sites for hydroxylation is 2. The van der Waals surface area contributed by atoms with Crippen molar-refractivity contribution in [3.8, 4) is 0 Å². The molecule has 2 aromatic rings. The molecule has 0 saturated carbocycles. The van der Waals surface area contributed by atoms with E-state index >= 15 is 0 Å². The molecule has 2 heterocycles. The molecule has 1 aromatic heterocycles. The highest BCUT2D eigenvalue weighted by Crippen LogP contribution is 2.14. The molecule has 98 valence electrons. The SMILES string of the molecule is Cc1ccccc1C(=O)NCc1nnc2n1CCC2. The van der Waals surface area contributed by atoms with Gasteiger partial charge in [-0.25, -0.2) is 0 Å². The van der Waals surface area contributed by atoms with Crippen LogP contribution in [0, 0.1) is 6.92 Å². The summed E-state index contributed by atoms with van der Waals surface area (Å²) in [4.78, 5) is 12.1. The highest BCUT2D eigenvalue weighted by atomic mass is 16.1. The van der Waals surface area contributed by atoms with Crippen LogP contribution in [0.25, 0.3) is 0 Å². The lowest BCUT2D eigenvalue weighted by molar-refractivity contribution is 0.0949. The second kappa shape index (κ2) is 4.84. The van der Waals surface area contributed by atoms with Crippen LogP contribution in [0.4, 0.5) is 0 Å². The maximum atomic E-state index is 12.1. The van der Waals surface area contributed by atoms with Gasteiger partial charge in [-0.1, -0.05) is 18.2 Å². The van der Waals surface area contributed by atoms with Crippen LogP contribution in [0.1, 0.15) is 34.0 Å². The summed E-state index contributed by atoms with van der Waals surface area (Å²) in [5.41, 5.74) is 1.69. The fourth-order valence-electron chi connectivity index (χ4n) is 2.42. The zero-order valence-corrected chi connectivity index (χ0v) is 10.9. The molecule has 1 aliphatic rings. The minimum atomic E-state index is -0.0616. The molecule has 1 aromatic carbocycles. The van der Waals surface area contributed by atoms with E-state index in [4.69, 9.17) is 0 Å². The molecule has 0 unspecified atom stereocenters. The molecule has 3 rings (SSSR count). The summed E-state index contributed by atoms with van der Waals surface area (Å²) in [6.07, 6.45) is 2.10. The zero-order valence-electron chi connectivity index (χ0n) is 10.9. The molecule has 5 heteroatoms. The molecule has 0 radical (unpaired) electrons. The molecule has 0 atom stereocenters. The van der Waals surface area contributed by atoms with Crippen molar-refractivity contribution in [2.24, 2.45) is 0 Å². The predicted octanol–water partition coefficient (Wildman–Crippen LogP) is 1.46. The number of amides is 1. The third kappa shape index (κ3) is 2.23. The van der Waals surface area contributed by atoms with Gasteiger partial charge >= 0.3 is 0 Å². The van der Waals surface area contributed by atoms with E-state index in [1.54, 1.807) is 0 Å². The molecule has 1 N–H and O–H groups in total. The van der Waals surface area contributed by atoms with Crippen molar-refractivity contribution in [3.05, 3.63) is 47.0 Å². The van der Waals surface area contributed by atoms with Crippen molar-refractivity contribution in [1.82, 2.24) is 20.1 Å². The number of rotatable bonds is 3. The smallest absolute Gasteiger partial charge is 0.251 e. The van der Waals surface area contributed by atoms with E-state index in [-0.39, 0.29) is 5.91 Å². The number of fused-ring (bicyclic) bond motifs is 1. The number of nitrogens with zero attached hydrogens (tertiary/aromatic N) is 3. The summed E-state index contributed by atoms with van der Waals surface area (Å²) in [6.45, 7) is 3.32. The Morgan fingerprint density at radius 2 is 2.21 bits per heavy atom. The van der Waals surface area contributed by atoms with Gasteiger partial charge in [-0.3, -0.25) is 4.79 Å². The van der Waals surface area contributed by atoms with Gasteiger partial charge in [0.1, 0.15) is 5.82 Å². The molecule has 0 fully saturated rings. The van der Waals surface area contributed by atoms with Crippen molar-refractivity contribution < 1.29 is 4.79 Å². The van der Waals surface area contributed by atoms with Crippen LogP contribution in [0.2, 0.25) is 0 Å². The molecule has 1 aliphatic heterocycles. The standard InChI is InChI=1S/C14H16N4O/c1-10-5-2-3-6-11(10)14(19)15-9-13-17-16-12-7-4-8-18(12)13/h2-3,5-6H,4,7-9H2,1H3,(H,15,19). The molecular weight excluding hydrogens is 240 g/mol. The van der Waals surface area contributed by atoms with Gasteiger partial charge in [-0.05, 0) is 25.0 Å². The van der Waals surface area contributed by atoms with Gasteiger partial charge in [-0.2, -0.15) is 0 Å². The van der Waals surface area contributed by atoms with Crippen LogP contribution >= 0.6 is 0 Å². The number of aromatic nitrogens is 3. The van der Waals surface area contributed by atoms with E-state index in [1.807, 2.05) is 31.2 Å². The first-order chi connectivity index (χ1) is 9.25. The summed E-state index contributed by atoms with van der Waals surface area (Å²) < 4.78 is 2.10. The number of carbonyl (C=O) groups is 1. The summed E-state index contributed by atoms with van der Waals surface area (Å²) >= 11 is 0. The third-order valence-corrected chi connectivity index (χ3v) is 3.48. The van der Waals surface area contributed by atoms with Gasteiger partial charge < -0.3 is 9.88 Å². The summed E-state index contributed by atoms with van der Waals surface area (Å²) in [7, 11) is 0. The van der Waals surface area contributed by atoms with E-state index < -0.39 is 0 Å². The number of hydrogen-bond acceptors (Lipinski definition) is 3. The van der Waals surface area contributed by atoms with Crippen LogP contribution in [-0.2, 0) is 19.5 Å². The maximum Gasteiger partial charge on any atom is 0.251 e. The minimum Gasteiger partial charge on any atom is -0.345 e. The molecule has 0 spiro atoms. The zero-order chi connectivity index (χ0) is 13.2. The Bertz CT molecular complexity index is 618. The highest BCUT2D eigenvalue weighted by molar-refractivity contribution is 5.95. The summed E-state index contributed by atoms with van der Waals surface area (Å²) in [5, 5.41) is 11.2. The van der Waals surface area contributed by atoms with Crippen LogP contribution in [0.15, 0.2) is 24.3 Å². The second-order valence-corrected chi connectivity index (χ2v) is 4.79. The van der Waals surface area contributed by atoms with E-state index in [1.165, 1.54) is 0 Å². The lowest BCUT2D eigenvalue weighted by Crippen LogP contribution is -2.25. The van der Waals surface area contributed by atoms with Gasteiger partial charge in [-0.15, -0.1) is 10.2 Å². The Balaban J connectivity index is 1.69. The first-order valence-electron chi connectivity index (χ1n) is 6.50. The lowest BCUT2D eigenvalue weighted by atomic mass is 10.1.